The van der Waals surface area contributed by atoms with Crippen LogP contribution >= 0.6 is 0 Å². The van der Waals surface area contributed by atoms with E-state index in [-0.39, 0.29) is 37.2 Å². The molecule has 3 atom stereocenters. The van der Waals surface area contributed by atoms with Gasteiger partial charge in [0.2, 0.25) is 5.91 Å². The van der Waals surface area contributed by atoms with Gasteiger partial charge in [-0.05, 0) is 33.8 Å². The Morgan fingerprint density at radius 2 is 2.12 bits per heavy atom. The van der Waals surface area contributed by atoms with Gasteiger partial charge in [-0.3, -0.25) is 4.79 Å². The molecule has 1 amide bonds. The predicted octanol–water partition coefficient (Wildman–Crippen LogP) is 3.14. The number of aromatic nitrogens is 3. The molecule has 3 heterocycles. The Bertz CT molecular complexity index is 1140. The number of hydrogen-bond acceptors (Lipinski definition) is 7. The van der Waals surface area contributed by atoms with Gasteiger partial charge in [0.05, 0.1) is 17.0 Å². The lowest BCUT2D eigenvalue weighted by Crippen LogP contribution is -2.54. The molecule has 10 heteroatoms. The van der Waals surface area contributed by atoms with Crippen LogP contribution < -0.4 is 5.32 Å². The molecule has 0 aromatic carbocycles. The maximum Gasteiger partial charge on any atom is 0.420 e. The Labute approximate surface area is 198 Å². The number of fused-ring (bicyclic) bond motifs is 1. The number of rotatable bonds is 4. The molecule has 0 aliphatic carbocycles. The number of nitrogens with zero attached hydrogens (tertiary/aromatic N) is 4. The average Bonchev–Trinajstić information content (AvgIpc) is 3.14. The number of piperidine rings is 1. The van der Waals surface area contributed by atoms with Crippen molar-refractivity contribution in [2.24, 2.45) is 0 Å². The van der Waals surface area contributed by atoms with Crippen molar-refractivity contribution in [3.63, 3.8) is 0 Å². The molecule has 182 valence electrons. The van der Waals surface area contributed by atoms with Gasteiger partial charge in [-0.2, -0.15) is 0 Å². The molecule has 1 aliphatic rings. The first kappa shape index (κ1) is 25.2. The maximum absolute atomic E-state index is 15.0. The highest BCUT2D eigenvalue weighted by Crippen LogP contribution is 2.29. The number of likely N-dealkylation sites (tertiary alicyclic amines) is 1. The minimum atomic E-state index is -1.22. The van der Waals surface area contributed by atoms with Crippen LogP contribution in [0.1, 0.15) is 39.7 Å². The van der Waals surface area contributed by atoms with Gasteiger partial charge >= 0.3 is 6.09 Å². The van der Waals surface area contributed by atoms with Crippen LogP contribution in [0.15, 0.2) is 25.2 Å². The van der Waals surface area contributed by atoms with Crippen LogP contribution in [0, 0.1) is 11.8 Å². The lowest BCUT2D eigenvalue weighted by Gasteiger charge is -2.40. The molecule has 2 aromatic rings. The van der Waals surface area contributed by atoms with Crippen molar-refractivity contribution in [3.05, 3.63) is 30.7 Å². The van der Waals surface area contributed by atoms with E-state index >= 15 is 0 Å². The zero-order valence-corrected chi connectivity index (χ0v) is 20.1. The highest BCUT2D eigenvalue weighted by Gasteiger charge is 2.36. The number of hydrogen-bond donors (Lipinski definition) is 1. The molecule has 9 nitrogen and oxygen atoms in total. The highest BCUT2D eigenvalue weighted by molar-refractivity contribution is 5.98. The van der Waals surface area contributed by atoms with Gasteiger partial charge in [0.15, 0.2) is 5.65 Å². The van der Waals surface area contributed by atoms with Gasteiger partial charge < -0.3 is 19.7 Å². The number of halogens is 1. The summed E-state index contributed by atoms with van der Waals surface area (Å²) >= 11 is 0. The molecule has 1 saturated heterocycles. The Kier molecular flexibility index (Phi) is 7.57. The zero-order valence-electron chi connectivity index (χ0n) is 20.1. The van der Waals surface area contributed by atoms with E-state index in [1.165, 1.54) is 30.3 Å². The molecule has 0 unspecified atom stereocenters. The minimum absolute atomic E-state index is 0.135. The monoisotopic (exact) mass is 471 g/mol. The Balaban J connectivity index is 2.04. The van der Waals surface area contributed by atoms with Crippen molar-refractivity contribution in [2.45, 2.75) is 58.0 Å². The van der Waals surface area contributed by atoms with Crippen LogP contribution in [-0.4, -0.2) is 75.6 Å². The molecule has 1 aliphatic heterocycles. The number of methoxy groups -OCH3 is 1. The summed E-state index contributed by atoms with van der Waals surface area (Å²) in [5, 5.41) is 3.56. The van der Waals surface area contributed by atoms with Gasteiger partial charge in [0.25, 0.3) is 0 Å². The van der Waals surface area contributed by atoms with E-state index in [9.17, 15) is 14.0 Å². The molecule has 2 aromatic heterocycles. The fourth-order valence-corrected chi connectivity index (χ4v) is 3.78. The van der Waals surface area contributed by atoms with Crippen molar-refractivity contribution in [1.29, 1.82) is 0 Å². The van der Waals surface area contributed by atoms with Crippen molar-refractivity contribution in [1.82, 2.24) is 19.4 Å². The van der Waals surface area contributed by atoms with Crippen LogP contribution in [0.4, 0.5) is 15.0 Å². The molecule has 0 saturated carbocycles. The third-order valence-corrected chi connectivity index (χ3v) is 5.32. The summed E-state index contributed by atoms with van der Waals surface area (Å²) in [4.78, 5) is 35.2. The van der Waals surface area contributed by atoms with Crippen LogP contribution in [0.2, 0.25) is 0 Å². The Morgan fingerprint density at radius 3 is 2.76 bits per heavy atom. The number of anilines is 1. The zero-order chi connectivity index (χ0) is 25.0. The number of carbonyl (C=O) groups excluding carboxylic acids is 2. The largest absolute Gasteiger partial charge is 0.443 e. The topological polar surface area (TPSA) is 98.6 Å². The lowest BCUT2D eigenvalue weighted by molar-refractivity contribution is -0.130. The number of alkyl halides is 1. The molecule has 1 fully saturated rings. The van der Waals surface area contributed by atoms with Crippen LogP contribution in [-0.2, 0) is 14.3 Å². The summed E-state index contributed by atoms with van der Waals surface area (Å²) in [6.45, 7) is 10.9. The van der Waals surface area contributed by atoms with Crippen LogP contribution in [0.3, 0.4) is 0 Å². The predicted molar refractivity (Wildman–Crippen MR) is 126 cm³/mol. The Hall–Kier alpha value is -3.45. The number of nitrogens with one attached hydrogen (secondary N) is 1. The van der Waals surface area contributed by atoms with Crippen LogP contribution in [0.5, 0.6) is 0 Å². The second kappa shape index (κ2) is 10.2. The second-order valence-corrected chi connectivity index (χ2v) is 9.10. The lowest BCUT2D eigenvalue weighted by atomic mass is 9.97. The van der Waals surface area contributed by atoms with Crippen molar-refractivity contribution in [3.8, 4) is 11.8 Å². The van der Waals surface area contributed by atoms with Crippen molar-refractivity contribution >= 4 is 28.9 Å². The van der Waals surface area contributed by atoms with E-state index < -0.39 is 23.9 Å². The fraction of sp³-hybridized carbons (Fsp3) is 0.500. The first-order chi connectivity index (χ1) is 16.1. The molecule has 0 radical (unpaired) electrons. The summed E-state index contributed by atoms with van der Waals surface area (Å²) in [5.41, 5.74) is 0.0112. The molecule has 0 spiro atoms. The van der Waals surface area contributed by atoms with Gasteiger partial charge in [0.1, 0.15) is 30.5 Å². The number of carbonyl (C=O) groups is 2. The van der Waals surface area contributed by atoms with E-state index in [1.54, 1.807) is 32.6 Å². The third-order valence-electron chi connectivity index (χ3n) is 5.32. The molecule has 1 N–H and O–H groups in total. The molecular weight excluding hydrogens is 441 g/mol. The Morgan fingerprint density at radius 1 is 1.38 bits per heavy atom. The van der Waals surface area contributed by atoms with E-state index in [1.807, 2.05) is 0 Å². The SMILES string of the molecule is C=CC(=O)N1C[C@H](Nc2ncnc3c2c(C#CCOC)cn3C(=O)OC(C)(C)C)[C@@H](F)C[C@@H]1C. The first-order valence-corrected chi connectivity index (χ1v) is 11.0. The summed E-state index contributed by atoms with van der Waals surface area (Å²) in [7, 11) is 1.52. The minimum Gasteiger partial charge on any atom is -0.443 e. The van der Waals surface area contributed by atoms with E-state index in [4.69, 9.17) is 9.47 Å². The van der Waals surface area contributed by atoms with E-state index in [0.29, 0.717) is 16.8 Å². The average molecular weight is 472 g/mol. The molecule has 0 bridgehead atoms. The second-order valence-electron chi connectivity index (χ2n) is 9.10. The van der Waals surface area contributed by atoms with Crippen molar-refractivity contribution < 1.29 is 23.5 Å². The van der Waals surface area contributed by atoms with Gasteiger partial charge in [0, 0.05) is 32.3 Å². The fourth-order valence-electron chi connectivity index (χ4n) is 3.78. The maximum atomic E-state index is 15.0. The van der Waals surface area contributed by atoms with Crippen LogP contribution in [0.25, 0.3) is 11.0 Å². The smallest absolute Gasteiger partial charge is 0.420 e. The summed E-state index contributed by atoms with van der Waals surface area (Å²) in [5.74, 6) is 5.87. The number of ether oxygens (including phenoxy) is 2. The van der Waals surface area contributed by atoms with Crippen molar-refractivity contribution in [2.75, 3.05) is 25.6 Å². The number of amides is 1. The highest BCUT2D eigenvalue weighted by atomic mass is 19.1. The summed E-state index contributed by atoms with van der Waals surface area (Å²) in [6, 6.07) is -0.976. The normalized spacial score (nSPS) is 20.4. The quantitative estimate of drug-likeness (QED) is 0.540. The van der Waals surface area contributed by atoms with Gasteiger partial charge in [-0.25, -0.2) is 23.7 Å². The third kappa shape index (κ3) is 5.54. The van der Waals surface area contributed by atoms with Gasteiger partial charge in [-0.1, -0.05) is 18.4 Å². The molecular formula is C24H30FN5O4. The molecule has 34 heavy (non-hydrogen) atoms. The van der Waals surface area contributed by atoms with E-state index in [0.717, 1.165) is 0 Å². The summed E-state index contributed by atoms with van der Waals surface area (Å²) in [6.07, 6.45) is 2.35. The molecule has 3 rings (SSSR count). The standard InChI is InChI=1S/C24H30FN5O4/c1-7-19(31)29-13-18(17(25)11-15(29)2)28-21-20-16(9-8-10-33-6)12-30(22(20)27-14-26-21)23(32)34-24(3,4)5/h7,12,14-15,17-18H,1,10-11,13H2,2-6H3,(H,26,27,28)/t15-,17-,18-/m0/s1. The van der Waals surface area contributed by atoms with Gasteiger partial charge in [-0.15, -0.1) is 0 Å². The first-order valence-electron chi connectivity index (χ1n) is 11.0. The summed E-state index contributed by atoms with van der Waals surface area (Å²) < 4.78 is 26.8. The van der Waals surface area contributed by atoms with E-state index in [2.05, 4.69) is 33.7 Å².